The van der Waals surface area contributed by atoms with Gasteiger partial charge in [-0.15, -0.1) is 0 Å². The Labute approximate surface area is 90.8 Å². The highest BCUT2D eigenvalue weighted by Gasteiger charge is 2.16. The number of unbranched alkanes of at least 4 members (excludes halogenated alkanes) is 1. The fraction of sp³-hybridized carbons (Fsp3) is 0.857. The first kappa shape index (κ1) is 13.7. The Hall–Kier alpha value is -0.260. The fourth-order valence-electron chi connectivity index (χ4n) is 1.74. The largest absolute Gasteiger partial charge is 0.0885 e. The normalized spacial score (nSPS) is 18.4. The second kappa shape index (κ2) is 8.08. The SMILES string of the molecule is CCCC=CCC(C)C(C)C(C)CC. The molecule has 84 valence electrons. The van der Waals surface area contributed by atoms with Gasteiger partial charge in [-0.2, -0.15) is 0 Å². The maximum atomic E-state index is 2.40. The summed E-state index contributed by atoms with van der Waals surface area (Å²) in [5, 5.41) is 0. The summed E-state index contributed by atoms with van der Waals surface area (Å²) in [6, 6.07) is 0. The lowest BCUT2D eigenvalue weighted by Gasteiger charge is -2.24. The van der Waals surface area contributed by atoms with Crippen LogP contribution in [0.2, 0.25) is 0 Å². The summed E-state index contributed by atoms with van der Waals surface area (Å²) in [5.74, 6) is 2.55. The molecule has 0 rings (SSSR count). The Morgan fingerprint density at radius 2 is 1.57 bits per heavy atom. The Bertz CT molecular complexity index is 146. The molecule has 0 nitrogen and oxygen atoms in total. The zero-order chi connectivity index (χ0) is 11.0. The third-order valence-electron chi connectivity index (χ3n) is 3.57. The first-order valence-corrected chi connectivity index (χ1v) is 6.28. The molecule has 0 spiro atoms. The van der Waals surface area contributed by atoms with Crippen molar-refractivity contribution >= 4 is 0 Å². The van der Waals surface area contributed by atoms with Gasteiger partial charge in [0.1, 0.15) is 0 Å². The molecular formula is C14H28. The van der Waals surface area contributed by atoms with Crippen molar-refractivity contribution in [2.45, 2.75) is 60.3 Å². The second-order valence-electron chi connectivity index (χ2n) is 4.72. The maximum Gasteiger partial charge on any atom is -0.0322 e. The van der Waals surface area contributed by atoms with Gasteiger partial charge in [0.2, 0.25) is 0 Å². The van der Waals surface area contributed by atoms with Gasteiger partial charge in [-0.3, -0.25) is 0 Å². The van der Waals surface area contributed by atoms with Gasteiger partial charge in [0.05, 0.1) is 0 Å². The molecule has 0 heteroatoms. The van der Waals surface area contributed by atoms with Crippen LogP contribution < -0.4 is 0 Å². The molecule has 0 amide bonds. The van der Waals surface area contributed by atoms with Crippen LogP contribution in [0.25, 0.3) is 0 Å². The minimum Gasteiger partial charge on any atom is -0.0885 e. The third-order valence-corrected chi connectivity index (χ3v) is 3.57. The first-order chi connectivity index (χ1) is 6.63. The van der Waals surface area contributed by atoms with E-state index in [9.17, 15) is 0 Å². The van der Waals surface area contributed by atoms with Crippen LogP contribution in [0.1, 0.15) is 60.3 Å². The van der Waals surface area contributed by atoms with Crippen molar-refractivity contribution < 1.29 is 0 Å². The molecule has 0 fully saturated rings. The molecule has 0 heterocycles. The highest BCUT2D eigenvalue weighted by Crippen LogP contribution is 2.25. The van der Waals surface area contributed by atoms with Crippen molar-refractivity contribution in [3.63, 3.8) is 0 Å². The van der Waals surface area contributed by atoms with E-state index in [1.165, 1.54) is 25.7 Å². The predicted octanol–water partition coefficient (Wildman–Crippen LogP) is 5.05. The summed E-state index contributed by atoms with van der Waals surface area (Å²) in [6.45, 7) is 11.7. The zero-order valence-electron chi connectivity index (χ0n) is 10.7. The van der Waals surface area contributed by atoms with Gasteiger partial charge in [-0.1, -0.05) is 59.6 Å². The molecule has 3 atom stereocenters. The quantitative estimate of drug-likeness (QED) is 0.500. The standard InChI is InChI=1S/C14H28/c1-6-8-9-10-11-13(4)14(5)12(3)7-2/h9-10,12-14H,6-8,11H2,1-5H3. The highest BCUT2D eigenvalue weighted by atomic mass is 14.2. The lowest BCUT2D eigenvalue weighted by atomic mass is 9.82. The van der Waals surface area contributed by atoms with Gasteiger partial charge in [-0.05, 0) is 30.6 Å². The molecular weight excluding hydrogens is 168 g/mol. The summed E-state index contributed by atoms with van der Waals surface area (Å²) in [6.07, 6.45) is 9.78. The van der Waals surface area contributed by atoms with Crippen molar-refractivity contribution in [3.05, 3.63) is 12.2 Å². The van der Waals surface area contributed by atoms with Crippen LogP contribution in [0.15, 0.2) is 12.2 Å². The van der Waals surface area contributed by atoms with Crippen LogP contribution in [0, 0.1) is 17.8 Å². The predicted molar refractivity (Wildman–Crippen MR) is 66.4 cm³/mol. The summed E-state index contributed by atoms with van der Waals surface area (Å²) < 4.78 is 0. The lowest BCUT2D eigenvalue weighted by molar-refractivity contribution is 0.274. The lowest BCUT2D eigenvalue weighted by Crippen LogP contribution is -2.15. The van der Waals surface area contributed by atoms with Gasteiger partial charge < -0.3 is 0 Å². The van der Waals surface area contributed by atoms with Gasteiger partial charge in [-0.25, -0.2) is 0 Å². The van der Waals surface area contributed by atoms with E-state index < -0.39 is 0 Å². The molecule has 0 aliphatic rings. The van der Waals surface area contributed by atoms with E-state index in [-0.39, 0.29) is 0 Å². The summed E-state index contributed by atoms with van der Waals surface area (Å²) in [5.41, 5.74) is 0. The van der Waals surface area contributed by atoms with Crippen LogP contribution in [0.4, 0.5) is 0 Å². The number of hydrogen-bond acceptors (Lipinski definition) is 0. The summed E-state index contributed by atoms with van der Waals surface area (Å²) in [4.78, 5) is 0. The van der Waals surface area contributed by atoms with E-state index >= 15 is 0 Å². The topological polar surface area (TPSA) is 0 Å². The average Bonchev–Trinajstić information content (AvgIpc) is 2.21. The molecule has 0 aliphatic heterocycles. The van der Waals surface area contributed by atoms with Crippen LogP contribution in [-0.2, 0) is 0 Å². The number of hydrogen-bond donors (Lipinski definition) is 0. The van der Waals surface area contributed by atoms with E-state index in [0.29, 0.717) is 0 Å². The van der Waals surface area contributed by atoms with Gasteiger partial charge in [0, 0.05) is 0 Å². The first-order valence-electron chi connectivity index (χ1n) is 6.28. The Morgan fingerprint density at radius 3 is 2.07 bits per heavy atom. The van der Waals surface area contributed by atoms with Crippen LogP contribution in [0.5, 0.6) is 0 Å². The maximum absolute atomic E-state index is 2.40. The fourth-order valence-corrected chi connectivity index (χ4v) is 1.74. The second-order valence-corrected chi connectivity index (χ2v) is 4.72. The van der Waals surface area contributed by atoms with Crippen molar-refractivity contribution in [3.8, 4) is 0 Å². The third kappa shape index (κ3) is 5.47. The minimum atomic E-state index is 0.832. The molecule has 0 aromatic heterocycles. The molecule has 0 saturated heterocycles. The van der Waals surface area contributed by atoms with Crippen molar-refractivity contribution in [2.24, 2.45) is 17.8 Å². The van der Waals surface area contributed by atoms with Crippen molar-refractivity contribution in [1.82, 2.24) is 0 Å². The van der Waals surface area contributed by atoms with Crippen molar-refractivity contribution in [1.29, 1.82) is 0 Å². The summed E-state index contributed by atoms with van der Waals surface area (Å²) >= 11 is 0. The Kier molecular flexibility index (Phi) is 7.93. The van der Waals surface area contributed by atoms with Crippen LogP contribution in [0.3, 0.4) is 0 Å². The van der Waals surface area contributed by atoms with E-state index in [4.69, 9.17) is 0 Å². The number of allylic oxidation sites excluding steroid dienone is 2. The van der Waals surface area contributed by atoms with Crippen molar-refractivity contribution in [2.75, 3.05) is 0 Å². The number of rotatable bonds is 7. The van der Waals surface area contributed by atoms with E-state index in [2.05, 4.69) is 46.8 Å². The monoisotopic (exact) mass is 196 g/mol. The Morgan fingerprint density at radius 1 is 0.929 bits per heavy atom. The minimum absolute atomic E-state index is 0.832. The zero-order valence-corrected chi connectivity index (χ0v) is 10.7. The highest BCUT2D eigenvalue weighted by molar-refractivity contribution is 4.84. The van der Waals surface area contributed by atoms with Gasteiger partial charge >= 0.3 is 0 Å². The van der Waals surface area contributed by atoms with Crippen LogP contribution >= 0.6 is 0 Å². The van der Waals surface area contributed by atoms with Crippen LogP contribution in [-0.4, -0.2) is 0 Å². The molecule has 0 saturated carbocycles. The molecule has 0 aliphatic carbocycles. The molecule has 14 heavy (non-hydrogen) atoms. The Balaban J connectivity index is 3.77. The van der Waals surface area contributed by atoms with Gasteiger partial charge in [0.25, 0.3) is 0 Å². The molecule has 3 unspecified atom stereocenters. The molecule has 0 N–H and O–H groups in total. The smallest absolute Gasteiger partial charge is 0.0322 e. The van der Waals surface area contributed by atoms with Gasteiger partial charge in [0.15, 0.2) is 0 Å². The average molecular weight is 196 g/mol. The molecule has 0 aromatic rings. The summed E-state index contributed by atoms with van der Waals surface area (Å²) in [7, 11) is 0. The molecule has 0 bridgehead atoms. The molecule has 0 radical (unpaired) electrons. The van der Waals surface area contributed by atoms with E-state index in [0.717, 1.165) is 17.8 Å². The van der Waals surface area contributed by atoms with E-state index in [1.54, 1.807) is 0 Å². The molecule has 0 aromatic carbocycles. The van der Waals surface area contributed by atoms with E-state index in [1.807, 2.05) is 0 Å².